The molecule has 0 radical (unpaired) electrons. The van der Waals surface area contributed by atoms with Crippen molar-refractivity contribution >= 4 is 11.8 Å². The molecule has 1 aliphatic heterocycles. The van der Waals surface area contributed by atoms with Gasteiger partial charge in [-0.1, -0.05) is 11.8 Å². The van der Waals surface area contributed by atoms with E-state index >= 15 is 0 Å². The van der Waals surface area contributed by atoms with Crippen molar-refractivity contribution in [3.63, 3.8) is 0 Å². The highest BCUT2D eigenvalue weighted by molar-refractivity contribution is 7.99. The summed E-state index contributed by atoms with van der Waals surface area (Å²) in [6.07, 6.45) is -0.436. The standard InChI is InChI=1S/C15H21N5O3S/c1-22-14-4-2-12(3-5-14)20-15(16-17-18-20)24-11-13(21)10-19-6-8-23-9-7-19/h2-5,13,21H,6-11H2,1H3/t13-/m1/s1. The van der Waals surface area contributed by atoms with Crippen LogP contribution in [0.3, 0.4) is 0 Å². The van der Waals surface area contributed by atoms with Crippen molar-refractivity contribution in [1.82, 2.24) is 25.1 Å². The second-order valence-corrected chi connectivity index (χ2v) is 6.44. The van der Waals surface area contributed by atoms with Crippen LogP contribution in [0.1, 0.15) is 0 Å². The highest BCUT2D eigenvalue weighted by atomic mass is 32.2. The molecule has 24 heavy (non-hydrogen) atoms. The van der Waals surface area contributed by atoms with Gasteiger partial charge in [-0.15, -0.1) is 5.10 Å². The molecule has 3 rings (SSSR count). The van der Waals surface area contributed by atoms with Gasteiger partial charge in [0.05, 0.1) is 32.1 Å². The van der Waals surface area contributed by atoms with E-state index in [1.54, 1.807) is 11.8 Å². The fraction of sp³-hybridized carbons (Fsp3) is 0.533. The van der Waals surface area contributed by atoms with Crippen molar-refractivity contribution in [2.45, 2.75) is 11.3 Å². The van der Waals surface area contributed by atoms with Gasteiger partial charge in [-0.05, 0) is 34.7 Å². The third-order valence-electron chi connectivity index (χ3n) is 3.74. The number of morpholine rings is 1. The Balaban J connectivity index is 1.56. The molecule has 0 amide bonds. The molecule has 0 bridgehead atoms. The zero-order chi connectivity index (χ0) is 16.8. The number of hydrogen-bond acceptors (Lipinski definition) is 8. The molecule has 1 atom stereocenters. The largest absolute Gasteiger partial charge is 0.497 e. The Labute approximate surface area is 144 Å². The molecule has 9 heteroatoms. The zero-order valence-corrected chi connectivity index (χ0v) is 14.4. The lowest BCUT2D eigenvalue weighted by Gasteiger charge is -2.28. The number of hydrogen-bond donors (Lipinski definition) is 1. The molecule has 1 N–H and O–H groups in total. The fourth-order valence-electron chi connectivity index (χ4n) is 2.46. The van der Waals surface area contributed by atoms with Gasteiger partial charge in [-0.25, -0.2) is 0 Å². The van der Waals surface area contributed by atoms with Gasteiger partial charge >= 0.3 is 0 Å². The van der Waals surface area contributed by atoms with E-state index in [1.165, 1.54) is 11.8 Å². The van der Waals surface area contributed by atoms with Crippen molar-refractivity contribution < 1.29 is 14.6 Å². The number of rotatable bonds is 7. The molecule has 0 aliphatic carbocycles. The maximum absolute atomic E-state index is 10.2. The van der Waals surface area contributed by atoms with Crippen LogP contribution in [0.2, 0.25) is 0 Å². The van der Waals surface area contributed by atoms with E-state index in [-0.39, 0.29) is 0 Å². The van der Waals surface area contributed by atoms with Crippen LogP contribution in [0.25, 0.3) is 5.69 Å². The molecule has 1 fully saturated rings. The SMILES string of the molecule is COc1ccc(-n2nnnc2SC[C@H](O)CN2CCOCC2)cc1. The number of tetrazole rings is 1. The van der Waals surface area contributed by atoms with Gasteiger partial charge in [0.25, 0.3) is 0 Å². The number of β-amino-alcohol motifs (C(OH)–C–C–N with tert-alkyl or cyclic N) is 1. The van der Waals surface area contributed by atoms with Gasteiger partial charge in [0, 0.05) is 25.4 Å². The summed E-state index contributed by atoms with van der Waals surface area (Å²) >= 11 is 1.44. The van der Waals surface area contributed by atoms with E-state index in [1.807, 2.05) is 24.3 Å². The topological polar surface area (TPSA) is 85.5 Å². The Morgan fingerprint density at radius 2 is 2.04 bits per heavy atom. The van der Waals surface area contributed by atoms with E-state index in [2.05, 4.69) is 20.4 Å². The lowest BCUT2D eigenvalue weighted by molar-refractivity contribution is 0.0188. The first-order valence-electron chi connectivity index (χ1n) is 7.80. The highest BCUT2D eigenvalue weighted by Gasteiger charge is 2.17. The molecule has 1 aliphatic rings. The minimum atomic E-state index is -0.436. The summed E-state index contributed by atoms with van der Waals surface area (Å²) in [5, 5.41) is 22.7. The zero-order valence-electron chi connectivity index (χ0n) is 13.5. The molecule has 1 aromatic heterocycles. The van der Waals surface area contributed by atoms with Gasteiger partial charge < -0.3 is 14.6 Å². The molecule has 0 unspecified atom stereocenters. The Bertz CT molecular complexity index is 630. The quantitative estimate of drug-likeness (QED) is 0.720. The average Bonchev–Trinajstić information content (AvgIpc) is 3.09. The summed E-state index contributed by atoms with van der Waals surface area (Å²) in [4.78, 5) is 2.21. The number of benzene rings is 1. The first kappa shape index (κ1) is 17.2. The third-order valence-corrected chi connectivity index (χ3v) is 4.80. The Morgan fingerprint density at radius 3 is 2.75 bits per heavy atom. The van der Waals surface area contributed by atoms with Crippen LogP contribution >= 0.6 is 11.8 Å². The van der Waals surface area contributed by atoms with Crippen LogP contribution in [0.4, 0.5) is 0 Å². The molecule has 2 aromatic rings. The van der Waals surface area contributed by atoms with E-state index in [0.717, 1.165) is 37.7 Å². The summed E-state index contributed by atoms with van der Waals surface area (Å²) < 4.78 is 12.1. The first-order chi connectivity index (χ1) is 11.8. The Hall–Kier alpha value is -1.68. The van der Waals surface area contributed by atoms with Crippen molar-refractivity contribution in [3.05, 3.63) is 24.3 Å². The van der Waals surface area contributed by atoms with Crippen molar-refractivity contribution in [1.29, 1.82) is 0 Å². The molecular formula is C15H21N5O3S. The Morgan fingerprint density at radius 1 is 1.29 bits per heavy atom. The van der Waals surface area contributed by atoms with Crippen LogP contribution in [0.15, 0.2) is 29.4 Å². The van der Waals surface area contributed by atoms with Crippen LogP contribution in [0, 0.1) is 0 Å². The van der Waals surface area contributed by atoms with Gasteiger partial charge in [0.2, 0.25) is 5.16 Å². The molecule has 1 saturated heterocycles. The number of methoxy groups -OCH3 is 1. The van der Waals surface area contributed by atoms with Gasteiger partial charge in [-0.3, -0.25) is 4.90 Å². The molecule has 1 aromatic carbocycles. The predicted molar refractivity (Wildman–Crippen MR) is 89.7 cm³/mol. The molecule has 0 saturated carbocycles. The van der Waals surface area contributed by atoms with Crippen LogP contribution in [-0.4, -0.2) is 82.0 Å². The monoisotopic (exact) mass is 351 g/mol. The van der Waals surface area contributed by atoms with Crippen LogP contribution in [-0.2, 0) is 4.74 Å². The molecule has 8 nitrogen and oxygen atoms in total. The Kier molecular flexibility index (Phi) is 6.02. The summed E-state index contributed by atoms with van der Waals surface area (Å²) in [5.41, 5.74) is 0.853. The van der Waals surface area contributed by atoms with E-state index in [0.29, 0.717) is 17.5 Å². The van der Waals surface area contributed by atoms with E-state index in [9.17, 15) is 5.11 Å². The molecule has 0 spiro atoms. The lowest BCUT2D eigenvalue weighted by atomic mass is 10.3. The van der Waals surface area contributed by atoms with Crippen molar-refractivity contribution in [2.24, 2.45) is 0 Å². The predicted octanol–water partition coefficient (Wildman–Crippen LogP) is 0.456. The number of nitrogens with zero attached hydrogens (tertiary/aromatic N) is 5. The van der Waals surface area contributed by atoms with E-state index in [4.69, 9.17) is 9.47 Å². The number of ether oxygens (including phenoxy) is 2. The maximum atomic E-state index is 10.2. The number of aromatic nitrogens is 4. The van der Waals surface area contributed by atoms with Crippen LogP contribution in [0.5, 0.6) is 5.75 Å². The van der Waals surface area contributed by atoms with Crippen molar-refractivity contribution in [2.75, 3.05) is 45.7 Å². The number of thioether (sulfide) groups is 1. The second kappa shape index (κ2) is 8.43. The summed E-state index contributed by atoms with van der Waals surface area (Å²) in [5.74, 6) is 1.32. The average molecular weight is 351 g/mol. The summed E-state index contributed by atoms with van der Waals surface area (Å²) in [6, 6.07) is 7.50. The first-order valence-corrected chi connectivity index (χ1v) is 8.78. The van der Waals surface area contributed by atoms with Crippen molar-refractivity contribution in [3.8, 4) is 11.4 Å². The fourth-order valence-corrected chi connectivity index (χ4v) is 3.26. The van der Waals surface area contributed by atoms with Gasteiger partial charge in [-0.2, -0.15) is 4.68 Å². The van der Waals surface area contributed by atoms with E-state index < -0.39 is 6.10 Å². The highest BCUT2D eigenvalue weighted by Crippen LogP contribution is 2.21. The molecule has 130 valence electrons. The molecule has 2 heterocycles. The van der Waals surface area contributed by atoms with Gasteiger partial charge in [0.15, 0.2) is 0 Å². The smallest absolute Gasteiger partial charge is 0.214 e. The molecular weight excluding hydrogens is 330 g/mol. The minimum absolute atomic E-state index is 0.436. The number of aliphatic hydroxyl groups is 1. The number of aliphatic hydroxyl groups excluding tert-OH is 1. The van der Waals surface area contributed by atoms with Gasteiger partial charge in [0.1, 0.15) is 5.75 Å². The third kappa shape index (κ3) is 4.44. The lowest BCUT2D eigenvalue weighted by Crippen LogP contribution is -2.41. The maximum Gasteiger partial charge on any atom is 0.214 e. The van der Waals surface area contributed by atoms with Crippen LogP contribution < -0.4 is 4.74 Å². The minimum Gasteiger partial charge on any atom is -0.497 e. The summed E-state index contributed by atoms with van der Waals surface area (Å²) in [7, 11) is 1.63. The summed E-state index contributed by atoms with van der Waals surface area (Å²) in [6.45, 7) is 3.84. The second-order valence-electron chi connectivity index (χ2n) is 5.45. The normalized spacial score (nSPS) is 16.9.